The van der Waals surface area contributed by atoms with Gasteiger partial charge in [-0.1, -0.05) is 24.3 Å². The molecule has 36 heavy (non-hydrogen) atoms. The van der Waals surface area contributed by atoms with Gasteiger partial charge in [-0.2, -0.15) is 9.82 Å². The van der Waals surface area contributed by atoms with Crippen LogP contribution in [0.15, 0.2) is 64.6 Å². The summed E-state index contributed by atoms with van der Waals surface area (Å²) in [5, 5.41) is 26.3. The molecule has 2 heterocycles. The zero-order chi connectivity index (χ0) is 25.6. The molecule has 1 aliphatic heterocycles. The van der Waals surface area contributed by atoms with Crippen LogP contribution in [0.2, 0.25) is 0 Å². The number of aromatic amines is 1. The first-order valence-electron chi connectivity index (χ1n) is 11.4. The highest BCUT2D eigenvalue weighted by Crippen LogP contribution is 2.20. The largest absolute Gasteiger partial charge is 0.478 e. The normalized spacial score (nSPS) is 15.1. The minimum Gasteiger partial charge on any atom is -0.478 e. The van der Waals surface area contributed by atoms with Crippen LogP contribution < -0.4 is 20.7 Å². The number of unbranched alkanes of at least 4 members (excludes halogenated alkanes) is 1. The lowest BCUT2D eigenvalue weighted by molar-refractivity contribution is -0.145. The van der Waals surface area contributed by atoms with E-state index < -0.39 is 27.6 Å². The van der Waals surface area contributed by atoms with Crippen LogP contribution in [-0.4, -0.2) is 66.9 Å². The van der Waals surface area contributed by atoms with Crippen LogP contribution in [0.25, 0.3) is 10.9 Å². The topological polar surface area (TPSA) is 178 Å². The number of nitrogens with zero attached hydrogens (tertiary/aromatic N) is 2. The molecule has 0 spiro atoms. The first-order chi connectivity index (χ1) is 17.3. The number of nitrogens with one attached hydrogen (secondary N) is 5. The zero-order valence-corrected chi connectivity index (χ0v) is 20.1. The lowest BCUT2D eigenvalue weighted by Crippen LogP contribution is -2.65. The van der Waals surface area contributed by atoms with Gasteiger partial charge in [0.25, 0.3) is 5.91 Å². The molecule has 1 aromatic heterocycles. The number of carbonyl (C=O) groups excluding carboxylic acids is 1. The molecular formula is C23H27N7O5S. The Hall–Kier alpha value is -3.97. The van der Waals surface area contributed by atoms with Crippen molar-refractivity contribution in [2.24, 2.45) is 4.99 Å². The molecule has 1 unspecified atom stereocenters. The summed E-state index contributed by atoms with van der Waals surface area (Å²) in [5.41, 5.74) is -1.54. The molecule has 0 saturated carbocycles. The SMILES string of the molecule is O=C(NC(CCCCNC1=NCCN1)(NS(=O)(=O)c1ccccc1)C(=O)O)c1ccc2cn[nH]c2c1. The van der Waals surface area contributed by atoms with Gasteiger partial charge in [-0.15, -0.1) is 0 Å². The average molecular weight is 514 g/mol. The number of sulfonamides is 1. The van der Waals surface area contributed by atoms with Crippen LogP contribution in [0, 0.1) is 0 Å². The van der Waals surface area contributed by atoms with Crippen molar-refractivity contribution in [2.75, 3.05) is 19.6 Å². The fourth-order valence-corrected chi connectivity index (χ4v) is 5.15. The Kier molecular flexibility index (Phi) is 7.50. The van der Waals surface area contributed by atoms with Gasteiger partial charge in [0.05, 0.1) is 23.2 Å². The minimum atomic E-state index is -4.28. The number of carbonyl (C=O) groups is 2. The third-order valence-electron chi connectivity index (χ3n) is 5.70. The number of H-pyrrole nitrogens is 1. The molecule has 6 N–H and O–H groups in total. The summed E-state index contributed by atoms with van der Waals surface area (Å²) < 4.78 is 28.4. The average Bonchev–Trinajstić information content (AvgIpc) is 3.55. The Morgan fingerprint density at radius 2 is 1.92 bits per heavy atom. The van der Waals surface area contributed by atoms with Crippen molar-refractivity contribution < 1.29 is 23.1 Å². The molecule has 190 valence electrons. The highest BCUT2D eigenvalue weighted by atomic mass is 32.2. The van der Waals surface area contributed by atoms with Crippen molar-refractivity contribution >= 4 is 38.8 Å². The number of carboxylic acid groups (broad SMARTS) is 1. The fraction of sp³-hybridized carbons (Fsp3) is 0.304. The molecular weight excluding hydrogens is 486 g/mol. The molecule has 0 bridgehead atoms. The van der Waals surface area contributed by atoms with E-state index in [1.807, 2.05) is 0 Å². The molecule has 13 heteroatoms. The van der Waals surface area contributed by atoms with Gasteiger partial charge in [0, 0.05) is 24.0 Å². The Morgan fingerprint density at radius 3 is 2.64 bits per heavy atom. The summed E-state index contributed by atoms with van der Waals surface area (Å²) in [7, 11) is -4.28. The highest BCUT2D eigenvalue weighted by Gasteiger charge is 2.44. The molecule has 12 nitrogen and oxygen atoms in total. The molecule has 0 aliphatic carbocycles. The quantitative estimate of drug-likeness (QED) is 0.161. The van der Waals surface area contributed by atoms with Gasteiger partial charge in [0.1, 0.15) is 0 Å². The Labute approximate surface area is 207 Å². The van der Waals surface area contributed by atoms with E-state index in [9.17, 15) is 23.1 Å². The zero-order valence-electron chi connectivity index (χ0n) is 19.3. The monoisotopic (exact) mass is 513 g/mol. The number of amides is 1. The predicted octanol–water partition coefficient (Wildman–Crippen LogP) is 0.771. The van der Waals surface area contributed by atoms with Crippen LogP contribution in [0.4, 0.5) is 0 Å². The summed E-state index contributed by atoms with van der Waals surface area (Å²) in [4.78, 5) is 29.8. The predicted molar refractivity (Wildman–Crippen MR) is 133 cm³/mol. The molecule has 0 fully saturated rings. The van der Waals surface area contributed by atoms with Gasteiger partial charge in [-0.05, 0) is 43.5 Å². The summed E-state index contributed by atoms with van der Waals surface area (Å²) in [6.07, 6.45) is 2.21. The molecule has 2 aromatic carbocycles. The van der Waals surface area contributed by atoms with Crippen molar-refractivity contribution in [2.45, 2.75) is 29.8 Å². The molecule has 3 aromatic rings. The van der Waals surface area contributed by atoms with E-state index in [-0.39, 0.29) is 16.9 Å². The number of aliphatic imine (C=N–C) groups is 1. The van der Waals surface area contributed by atoms with E-state index in [2.05, 4.69) is 35.9 Å². The van der Waals surface area contributed by atoms with Gasteiger partial charge >= 0.3 is 5.97 Å². The van der Waals surface area contributed by atoms with E-state index in [0.29, 0.717) is 37.4 Å². The molecule has 0 radical (unpaired) electrons. The van der Waals surface area contributed by atoms with Crippen molar-refractivity contribution in [1.29, 1.82) is 0 Å². The van der Waals surface area contributed by atoms with E-state index >= 15 is 0 Å². The van der Waals surface area contributed by atoms with Crippen molar-refractivity contribution in [3.63, 3.8) is 0 Å². The summed E-state index contributed by atoms with van der Waals surface area (Å²) in [5.74, 6) is -1.59. The van der Waals surface area contributed by atoms with Crippen molar-refractivity contribution in [3.05, 3.63) is 60.3 Å². The van der Waals surface area contributed by atoms with Crippen LogP contribution in [0.3, 0.4) is 0 Å². The van der Waals surface area contributed by atoms with Gasteiger partial charge in [-0.25, -0.2) is 13.2 Å². The Morgan fingerprint density at radius 1 is 1.11 bits per heavy atom. The lowest BCUT2D eigenvalue weighted by Gasteiger charge is -2.31. The summed E-state index contributed by atoms with van der Waals surface area (Å²) >= 11 is 0. The van der Waals surface area contributed by atoms with Gasteiger partial charge in [0.15, 0.2) is 5.96 Å². The second-order valence-electron chi connectivity index (χ2n) is 8.30. The maximum Gasteiger partial charge on any atom is 0.345 e. The molecule has 4 rings (SSSR count). The van der Waals surface area contributed by atoms with E-state index in [4.69, 9.17) is 0 Å². The Balaban J connectivity index is 1.55. The number of guanidine groups is 1. The first kappa shape index (κ1) is 25.1. The first-order valence-corrected chi connectivity index (χ1v) is 12.9. The van der Waals surface area contributed by atoms with Crippen LogP contribution >= 0.6 is 0 Å². The maximum atomic E-state index is 13.1. The molecule has 1 amide bonds. The second-order valence-corrected chi connectivity index (χ2v) is 9.98. The van der Waals surface area contributed by atoms with Crippen LogP contribution in [0.1, 0.15) is 29.6 Å². The minimum absolute atomic E-state index is 0.115. The third kappa shape index (κ3) is 5.80. The number of carboxylic acids is 1. The van der Waals surface area contributed by atoms with Crippen molar-refractivity contribution in [3.8, 4) is 0 Å². The number of hydrogen-bond acceptors (Lipinski definition) is 8. The number of rotatable bonds is 11. The fourth-order valence-electron chi connectivity index (χ4n) is 3.81. The summed E-state index contributed by atoms with van der Waals surface area (Å²) in [6, 6.07) is 12.1. The van der Waals surface area contributed by atoms with Crippen LogP contribution in [0.5, 0.6) is 0 Å². The lowest BCUT2D eigenvalue weighted by atomic mass is 10.0. The molecule has 0 saturated heterocycles. The maximum absolute atomic E-state index is 13.1. The Bertz CT molecular complexity index is 1370. The van der Waals surface area contributed by atoms with Gasteiger partial charge in [0.2, 0.25) is 15.7 Å². The number of benzene rings is 2. The summed E-state index contributed by atoms with van der Waals surface area (Å²) in [6.45, 7) is 1.93. The number of aliphatic carboxylic acids is 1. The van der Waals surface area contributed by atoms with Crippen molar-refractivity contribution in [1.82, 2.24) is 30.9 Å². The number of hydrogen-bond donors (Lipinski definition) is 6. The smallest absolute Gasteiger partial charge is 0.345 e. The number of aromatic nitrogens is 2. The second kappa shape index (κ2) is 10.7. The standard InChI is InChI=1S/C23H27N7O5S/c31-20(16-8-9-17-15-27-29-19(17)14-16)28-23(21(32)33,10-4-5-11-24-22-25-12-13-26-22)30-36(34,35)18-6-2-1-3-7-18/h1-3,6-9,14-15,30H,4-5,10-13H2,(H,27,29)(H,28,31)(H,32,33)(H2,24,25,26). The number of fused-ring (bicyclic) bond motifs is 1. The third-order valence-corrected chi connectivity index (χ3v) is 7.21. The highest BCUT2D eigenvalue weighted by molar-refractivity contribution is 7.89. The van der Waals surface area contributed by atoms with E-state index in [1.54, 1.807) is 18.3 Å². The van der Waals surface area contributed by atoms with Gasteiger partial charge < -0.3 is 21.1 Å². The molecule has 1 aliphatic rings. The van der Waals surface area contributed by atoms with E-state index in [0.717, 1.165) is 11.9 Å². The van der Waals surface area contributed by atoms with E-state index in [1.165, 1.54) is 36.4 Å². The van der Waals surface area contributed by atoms with Gasteiger partial charge in [-0.3, -0.25) is 14.9 Å². The van der Waals surface area contributed by atoms with Crippen LogP contribution in [-0.2, 0) is 14.8 Å². The molecule has 1 atom stereocenters.